The molecular formula is C20H20FN5O. The quantitative estimate of drug-likeness (QED) is 0.770. The van der Waals surface area contributed by atoms with E-state index in [1.165, 1.54) is 12.1 Å². The SMILES string of the molecule is CNc1nn(-c2nc(C)cc(C)n2)c2c1C(=O)C[C@@H](c1ccc(F)cc1)C2. The van der Waals surface area contributed by atoms with Crippen LogP contribution in [0.25, 0.3) is 5.95 Å². The fourth-order valence-corrected chi connectivity index (χ4v) is 3.68. The van der Waals surface area contributed by atoms with Crippen molar-refractivity contribution in [1.29, 1.82) is 0 Å². The van der Waals surface area contributed by atoms with E-state index in [4.69, 9.17) is 0 Å². The zero-order chi connectivity index (χ0) is 19.1. The second kappa shape index (κ2) is 6.57. The fourth-order valence-electron chi connectivity index (χ4n) is 3.68. The molecule has 7 heteroatoms. The number of nitrogens with zero attached hydrogens (tertiary/aromatic N) is 4. The predicted octanol–water partition coefficient (Wildman–Crippen LogP) is 3.37. The standard InChI is InChI=1S/C20H20FN5O/c1-11-8-12(2)24-20(23-11)26-16-9-14(13-4-6-15(21)7-5-13)10-17(27)18(16)19(22-3)25-26/h4-8,14H,9-10H2,1-3H3,(H,22,25)/t14-/m0/s1. The van der Waals surface area contributed by atoms with Crippen LogP contribution in [0.2, 0.25) is 0 Å². The summed E-state index contributed by atoms with van der Waals surface area (Å²) in [5.74, 6) is 0.697. The van der Waals surface area contributed by atoms with Gasteiger partial charge in [-0.15, -0.1) is 5.10 Å². The summed E-state index contributed by atoms with van der Waals surface area (Å²) in [4.78, 5) is 21.9. The Morgan fingerprint density at radius 1 is 1.11 bits per heavy atom. The van der Waals surface area contributed by atoms with E-state index in [9.17, 15) is 9.18 Å². The molecule has 138 valence electrons. The minimum absolute atomic E-state index is 0.0190. The van der Waals surface area contributed by atoms with Crippen LogP contribution in [0.15, 0.2) is 30.3 Å². The second-order valence-electron chi connectivity index (χ2n) is 6.86. The van der Waals surface area contributed by atoms with Gasteiger partial charge in [-0.05, 0) is 49.9 Å². The average Bonchev–Trinajstić information content (AvgIpc) is 3.01. The predicted molar refractivity (Wildman–Crippen MR) is 100.0 cm³/mol. The number of rotatable bonds is 3. The largest absolute Gasteiger partial charge is 0.371 e. The van der Waals surface area contributed by atoms with E-state index in [0.717, 1.165) is 22.6 Å². The maximum absolute atomic E-state index is 13.3. The third kappa shape index (κ3) is 3.09. The van der Waals surface area contributed by atoms with E-state index in [2.05, 4.69) is 20.4 Å². The Hall–Kier alpha value is -3.09. The molecule has 1 aliphatic carbocycles. The van der Waals surface area contributed by atoms with E-state index in [1.807, 2.05) is 19.9 Å². The molecule has 1 atom stereocenters. The first-order valence-corrected chi connectivity index (χ1v) is 8.87. The summed E-state index contributed by atoms with van der Waals surface area (Å²) in [6.45, 7) is 3.80. The average molecular weight is 365 g/mol. The van der Waals surface area contributed by atoms with Gasteiger partial charge in [0.1, 0.15) is 5.82 Å². The number of carbonyl (C=O) groups is 1. The Labute approximate surface area is 156 Å². The lowest BCUT2D eigenvalue weighted by atomic mass is 9.82. The number of nitrogens with one attached hydrogen (secondary N) is 1. The number of halogens is 1. The molecular weight excluding hydrogens is 345 g/mol. The molecule has 2 aromatic heterocycles. The number of Topliss-reactive ketones (excluding diaryl/α,β-unsaturated/α-hetero) is 1. The van der Waals surface area contributed by atoms with Crippen molar-refractivity contribution >= 4 is 11.6 Å². The minimum atomic E-state index is -0.285. The third-order valence-electron chi connectivity index (χ3n) is 4.87. The van der Waals surface area contributed by atoms with Crippen molar-refractivity contribution in [2.75, 3.05) is 12.4 Å². The van der Waals surface area contributed by atoms with Crippen LogP contribution in [-0.4, -0.2) is 32.6 Å². The van der Waals surface area contributed by atoms with E-state index in [-0.39, 0.29) is 17.5 Å². The van der Waals surface area contributed by atoms with E-state index in [0.29, 0.717) is 30.2 Å². The van der Waals surface area contributed by atoms with Crippen molar-refractivity contribution in [2.24, 2.45) is 0 Å². The first kappa shape index (κ1) is 17.3. The smallest absolute Gasteiger partial charge is 0.251 e. The van der Waals surface area contributed by atoms with Crippen molar-refractivity contribution in [2.45, 2.75) is 32.6 Å². The topological polar surface area (TPSA) is 72.7 Å². The summed E-state index contributed by atoms with van der Waals surface area (Å²) in [6, 6.07) is 8.23. The van der Waals surface area contributed by atoms with Gasteiger partial charge in [0, 0.05) is 24.9 Å². The van der Waals surface area contributed by atoms with Crippen LogP contribution in [-0.2, 0) is 6.42 Å². The van der Waals surface area contributed by atoms with Gasteiger partial charge in [0.25, 0.3) is 5.95 Å². The van der Waals surface area contributed by atoms with Gasteiger partial charge < -0.3 is 5.32 Å². The number of anilines is 1. The molecule has 1 aromatic carbocycles. The lowest BCUT2D eigenvalue weighted by Crippen LogP contribution is -2.21. The summed E-state index contributed by atoms with van der Waals surface area (Å²) in [5.41, 5.74) is 4.00. The Kier molecular flexibility index (Phi) is 4.22. The molecule has 0 bridgehead atoms. The van der Waals surface area contributed by atoms with Crippen LogP contribution in [0.4, 0.5) is 10.2 Å². The van der Waals surface area contributed by atoms with Crippen molar-refractivity contribution < 1.29 is 9.18 Å². The maximum atomic E-state index is 13.3. The monoisotopic (exact) mass is 365 g/mol. The number of aryl methyl sites for hydroxylation is 2. The molecule has 3 aromatic rings. The number of aromatic nitrogens is 4. The molecule has 0 unspecified atom stereocenters. The van der Waals surface area contributed by atoms with Crippen molar-refractivity contribution in [3.8, 4) is 5.95 Å². The lowest BCUT2D eigenvalue weighted by molar-refractivity contribution is 0.0964. The Morgan fingerprint density at radius 3 is 2.41 bits per heavy atom. The number of hydrogen-bond acceptors (Lipinski definition) is 5. The molecule has 4 rings (SSSR count). The van der Waals surface area contributed by atoms with Gasteiger partial charge in [0.05, 0.1) is 11.3 Å². The molecule has 0 radical (unpaired) electrons. The molecule has 6 nitrogen and oxygen atoms in total. The van der Waals surface area contributed by atoms with Crippen LogP contribution in [0.5, 0.6) is 0 Å². The number of ketones is 1. The van der Waals surface area contributed by atoms with Gasteiger partial charge in [-0.25, -0.2) is 19.0 Å². The Balaban J connectivity index is 1.83. The molecule has 27 heavy (non-hydrogen) atoms. The van der Waals surface area contributed by atoms with Crippen LogP contribution < -0.4 is 5.32 Å². The summed E-state index contributed by atoms with van der Waals surface area (Å²) in [6.07, 6.45) is 0.977. The first-order valence-electron chi connectivity index (χ1n) is 8.87. The van der Waals surface area contributed by atoms with E-state index in [1.54, 1.807) is 23.9 Å². The van der Waals surface area contributed by atoms with Crippen molar-refractivity contribution in [3.05, 3.63) is 64.4 Å². The molecule has 1 N–H and O–H groups in total. The molecule has 1 aliphatic rings. The Morgan fingerprint density at radius 2 is 1.78 bits per heavy atom. The first-order chi connectivity index (χ1) is 13.0. The van der Waals surface area contributed by atoms with Crippen molar-refractivity contribution in [3.63, 3.8) is 0 Å². The highest BCUT2D eigenvalue weighted by Crippen LogP contribution is 2.36. The Bertz CT molecular complexity index is 1010. The van der Waals surface area contributed by atoms with E-state index < -0.39 is 0 Å². The number of fused-ring (bicyclic) bond motifs is 1. The zero-order valence-electron chi connectivity index (χ0n) is 15.5. The molecule has 0 amide bonds. The van der Waals surface area contributed by atoms with Gasteiger partial charge in [0.2, 0.25) is 0 Å². The van der Waals surface area contributed by atoms with Crippen LogP contribution in [0, 0.1) is 19.7 Å². The summed E-state index contributed by atoms with van der Waals surface area (Å²) < 4.78 is 14.9. The summed E-state index contributed by atoms with van der Waals surface area (Å²) in [5, 5.41) is 7.56. The van der Waals surface area contributed by atoms with E-state index >= 15 is 0 Å². The van der Waals surface area contributed by atoms with Crippen molar-refractivity contribution in [1.82, 2.24) is 19.7 Å². The maximum Gasteiger partial charge on any atom is 0.251 e. The molecule has 0 aliphatic heterocycles. The molecule has 0 spiro atoms. The van der Waals surface area contributed by atoms with Crippen LogP contribution in [0.1, 0.15) is 45.3 Å². The molecule has 2 heterocycles. The highest BCUT2D eigenvalue weighted by Gasteiger charge is 2.33. The van der Waals surface area contributed by atoms with Gasteiger partial charge in [-0.1, -0.05) is 12.1 Å². The van der Waals surface area contributed by atoms with Gasteiger partial charge in [0.15, 0.2) is 11.6 Å². The minimum Gasteiger partial charge on any atom is -0.371 e. The summed E-state index contributed by atoms with van der Waals surface area (Å²) >= 11 is 0. The van der Waals surface area contributed by atoms with Gasteiger partial charge in [-0.3, -0.25) is 4.79 Å². The summed E-state index contributed by atoms with van der Waals surface area (Å²) in [7, 11) is 1.74. The van der Waals surface area contributed by atoms with Crippen LogP contribution >= 0.6 is 0 Å². The normalized spacial score (nSPS) is 16.3. The number of hydrogen-bond donors (Lipinski definition) is 1. The zero-order valence-corrected chi connectivity index (χ0v) is 15.5. The second-order valence-corrected chi connectivity index (χ2v) is 6.86. The van der Waals surface area contributed by atoms with Crippen LogP contribution in [0.3, 0.4) is 0 Å². The third-order valence-corrected chi connectivity index (χ3v) is 4.87. The fraction of sp³-hybridized carbons (Fsp3) is 0.300. The van der Waals surface area contributed by atoms with Gasteiger partial charge >= 0.3 is 0 Å². The lowest BCUT2D eigenvalue weighted by Gasteiger charge is -2.22. The highest BCUT2D eigenvalue weighted by molar-refractivity contribution is 6.03. The molecule has 0 saturated heterocycles. The highest BCUT2D eigenvalue weighted by atomic mass is 19.1. The molecule has 0 saturated carbocycles. The van der Waals surface area contributed by atoms with Gasteiger partial charge in [-0.2, -0.15) is 0 Å². The molecule has 0 fully saturated rings. The number of carbonyl (C=O) groups excluding carboxylic acids is 1. The number of benzene rings is 1.